The summed E-state index contributed by atoms with van der Waals surface area (Å²) < 4.78 is 43.0. The number of halogens is 1. The minimum atomic E-state index is -3.90. The van der Waals surface area contributed by atoms with Crippen LogP contribution in [0.5, 0.6) is 5.75 Å². The molecule has 0 fully saturated rings. The topological polar surface area (TPSA) is 86.5 Å². The molecule has 2 N–H and O–H groups in total. The second kappa shape index (κ2) is 4.77. The lowest BCUT2D eigenvalue weighted by Gasteiger charge is -2.16. The van der Waals surface area contributed by atoms with Gasteiger partial charge in [0.25, 0.3) is 0 Å². The van der Waals surface area contributed by atoms with Crippen molar-refractivity contribution >= 4 is 37.4 Å². The third-order valence-electron chi connectivity index (χ3n) is 4.46. The molecule has 0 amide bonds. The van der Waals surface area contributed by atoms with Crippen LogP contribution in [0, 0.1) is 5.82 Å². The average molecular weight is 359 g/mol. The van der Waals surface area contributed by atoms with E-state index in [-0.39, 0.29) is 10.7 Å². The normalized spacial score (nSPS) is 16.2. The number of Topliss-reactive ketones (excluding diaryl/α,β-unsaturated/α-hetero) is 1. The summed E-state index contributed by atoms with van der Waals surface area (Å²) in [6.45, 7) is 3.29. The van der Waals surface area contributed by atoms with Crippen LogP contribution in [0.4, 0.5) is 4.39 Å². The molecule has 3 aromatic rings. The molecule has 0 aromatic heterocycles. The summed E-state index contributed by atoms with van der Waals surface area (Å²) in [6, 6.07) is 8.41. The van der Waals surface area contributed by atoms with E-state index < -0.39 is 21.4 Å². The zero-order valence-corrected chi connectivity index (χ0v) is 14.3. The number of primary sulfonamides is 1. The monoisotopic (exact) mass is 359 g/mol. The van der Waals surface area contributed by atoms with E-state index in [1.165, 1.54) is 30.3 Å². The van der Waals surface area contributed by atoms with Crippen LogP contribution in [0.25, 0.3) is 21.5 Å². The first-order chi connectivity index (χ1) is 11.6. The lowest BCUT2D eigenvalue weighted by atomic mass is 9.91. The lowest BCUT2D eigenvalue weighted by Crippen LogP contribution is -2.32. The molecule has 4 rings (SSSR count). The van der Waals surface area contributed by atoms with Crippen molar-refractivity contribution < 1.29 is 22.3 Å². The molecule has 1 aliphatic rings. The molecule has 0 saturated carbocycles. The Morgan fingerprint density at radius 1 is 1.00 bits per heavy atom. The number of fused-ring (bicyclic) bond motifs is 6. The van der Waals surface area contributed by atoms with Crippen molar-refractivity contribution in [3.63, 3.8) is 0 Å². The summed E-state index contributed by atoms with van der Waals surface area (Å²) in [5.41, 5.74) is -0.760. The third kappa shape index (κ3) is 2.23. The number of carbonyl (C=O) groups excluding carboxylic acids is 1. The molecule has 0 unspecified atom stereocenters. The Morgan fingerprint density at radius 3 is 2.36 bits per heavy atom. The molecule has 0 atom stereocenters. The van der Waals surface area contributed by atoms with Crippen LogP contribution in [0.3, 0.4) is 0 Å². The summed E-state index contributed by atoms with van der Waals surface area (Å²) in [4.78, 5) is 12.7. The van der Waals surface area contributed by atoms with Crippen molar-refractivity contribution in [1.82, 2.24) is 0 Å². The van der Waals surface area contributed by atoms with Gasteiger partial charge in [0.1, 0.15) is 11.6 Å². The first kappa shape index (κ1) is 16.0. The van der Waals surface area contributed by atoms with Gasteiger partial charge in [-0.3, -0.25) is 4.79 Å². The fourth-order valence-electron chi connectivity index (χ4n) is 3.27. The Bertz CT molecular complexity index is 1200. The van der Waals surface area contributed by atoms with Crippen LogP contribution in [0.15, 0.2) is 41.3 Å². The van der Waals surface area contributed by atoms with Crippen molar-refractivity contribution in [3.8, 4) is 5.75 Å². The molecule has 0 saturated heterocycles. The van der Waals surface area contributed by atoms with Crippen molar-refractivity contribution in [1.29, 1.82) is 0 Å². The van der Waals surface area contributed by atoms with Gasteiger partial charge < -0.3 is 4.74 Å². The zero-order chi connectivity index (χ0) is 18.1. The molecule has 7 heteroatoms. The second-order valence-corrected chi connectivity index (χ2v) is 8.15. The molecular formula is C18H14FNO4S. The number of ether oxygens (including phenoxy) is 1. The summed E-state index contributed by atoms with van der Waals surface area (Å²) in [7, 11) is -3.90. The molecule has 5 nitrogen and oxygen atoms in total. The molecule has 0 spiro atoms. The van der Waals surface area contributed by atoms with Crippen LogP contribution < -0.4 is 9.88 Å². The van der Waals surface area contributed by atoms with Gasteiger partial charge in [-0.2, -0.15) is 0 Å². The molecule has 1 aliphatic heterocycles. The van der Waals surface area contributed by atoms with Crippen LogP contribution in [-0.4, -0.2) is 19.8 Å². The van der Waals surface area contributed by atoms with E-state index >= 15 is 0 Å². The van der Waals surface area contributed by atoms with E-state index in [1.54, 1.807) is 19.9 Å². The first-order valence-corrected chi connectivity index (χ1v) is 9.10. The Labute approximate surface area is 143 Å². The number of benzene rings is 3. The highest BCUT2D eigenvalue weighted by Crippen LogP contribution is 2.46. The summed E-state index contributed by atoms with van der Waals surface area (Å²) in [6.07, 6.45) is 0. The van der Waals surface area contributed by atoms with E-state index in [1.807, 2.05) is 0 Å². The van der Waals surface area contributed by atoms with Gasteiger partial charge >= 0.3 is 0 Å². The molecular weight excluding hydrogens is 345 g/mol. The van der Waals surface area contributed by atoms with Gasteiger partial charge in [0.05, 0.1) is 10.5 Å². The van der Waals surface area contributed by atoms with Gasteiger partial charge in [-0.05, 0) is 60.3 Å². The van der Waals surface area contributed by atoms with Crippen molar-refractivity contribution in [2.75, 3.05) is 0 Å². The third-order valence-corrected chi connectivity index (χ3v) is 5.37. The van der Waals surface area contributed by atoms with Crippen LogP contribution in [0.1, 0.15) is 24.2 Å². The van der Waals surface area contributed by atoms with Gasteiger partial charge in [0.15, 0.2) is 5.60 Å². The Balaban J connectivity index is 2.24. The summed E-state index contributed by atoms with van der Waals surface area (Å²) in [5.74, 6) is -0.395. The zero-order valence-electron chi connectivity index (χ0n) is 13.5. The van der Waals surface area contributed by atoms with E-state index in [0.29, 0.717) is 32.9 Å². The molecule has 0 bridgehead atoms. The van der Waals surface area contributed by atoms with Crippen LogP contribution in [-0.2, 0) is 10.0 Å². The number of ketones is 1. The molecule has 0 radical (unpaired) electrons. The van der Waals surface area contributed by atoms with Gasteiger partial charge in [0, 0.05) is 5.39 Å². The Hall–Kier alpha value is -2.51. The molecule has 3 aromatic carbocycles. The average Bonchev–Trinajstić information content (AvgIpc) is 2.76. The predicted octanol–water partition coefficient (Wildman–Crippen LogP) is 3.13. The van der Waals surface area contributed by atoms with Crippen molar-refractivity contribution in [2.45, 2.75) is 24.3 Å². The van der Waals surface area contributed by atoms with E-state index in [2.05, 4.69) is 0 Å². The van der Waals surface area contributed by atoms with Crippen molar-refractivity contribution in [2.24, 2.45) is 5.14 Å². The van der Waals surface area contributed by atoms with E-state index in [9.17, 15) is 17.6 Å². The lowest BCUT2D eigenvalue weighted by molar-refractivity contribution is 0.0688. The maximum atomic E-state index is 13.8. The Kier molecular flexibility index (Phi) is 3.05. The number of sulfonamides is 1. The standard InChI is InChI=1S/C18H14FNO4S/c1-18(2)17(21)15-14-7-9(19)3-5-11(14)13-8-10(25(20,22)23)4-6-12(13)16(15)24-18/h3-8H,1-2H3,(H2,20,22,23). The van der Waals surface area contributed by atoms with E-state index in [4.69, 9.17) is 9.88 Å². The highest BCUT2D eigenvalue weighted by molar-refractivity contribution is 7.89. The fraction of sp³-hybridized carbons (Fsp3) is 0.167. The fourth-order valence-corrected chi connectivity index (χ4v) is 3.81. The molecule has 128 valence electrons. The first-order valence-electron chi connectivity index (χ1n) is 7.55. The van der Waals surface area contributed by atoms with Crippen molar-refractivity contribution in [3.05, 3.63) is 47.8 Å². The number of carbonyl (C=O) groups is 1. The van der Waals surface area contributed by atoms with Crippen LogP contribution in [0.2, 0.25) is 0 Å². The smallest absolute Gasteiger partial charge is 0.238 e. The molecule has 1 heterocycles. The van der Waals surface area contributed by atoms with Gasteiger partial charge in [-0.15, -0.1) is 0 Å². The Morgan fingerprint density at radius 2 is 1.68 bits per heavy atom. The minimum Gasteiger partial charge on any atom is -0.478 e. The molecule has 25 heavy (non-hydrogen) atoms. The predicted molar refractivity (Wildman–Crippen MR) is 91.8 cm³/mol. The quantitative estimate of drug-likeness (QED) is 0.676. The van der Waals surface area contributed by atoms with Gasteiger partial charge in [-0.1, -0.05) is 6.07 Å². The highest BCUT2D eigenvalue weighted by atomic mass is 32.2. The maximum Gasteiger partial charge on any atom is 0.238 e. The summed E-state index contributed by atoms with van der Waals surface area (Å²) >= 11 is 0. The van der Waals surface area contributed by atoms with Crippen LogP contribution >= 0.6 is 0 Å². The SMILES string of the molecule is CC1(C)Oc2c(c3cc(F)ccc3c3cc(S(N)(=O)=O)ccc23)C1=O. The number of hydrogen-bond donors (Lipinski definition) is 1. The second-order valence-electron chi connectivity index (χ2n) is 6.59. The highest BCUT2D eigenvalue weighted by Gasteiger charge is 2.42. The minimum absolute atomic E-state index is 0.0610. The molecule has 0 aliphatic carbocycles. The van der Waals surface area contributed by atoms with E-state index in [0.717, 1.165) is 0 Å². The number of hydrogen-bond acceptors (Lipinski definition) is 4. The maximum absolute atomic E-state index is 13.8. The summed E-state index contributed by atoms with van der Waals surface area (Å²) in [5, 5.41) is 7.30. The number of rotatable bonds is 1. The van der Waals surface area contributed by atoms with Gasteiger partial charge in [-0.25, -0.2) is 17.9 Å². The van der Waals surface area contributed by atoms with Gasteiger partial charge in [0.2, 0.25) is 15.8 Å². The number of nitrogens with two attached hydrogens (primary N) is 1. The largest absolute Gasteiger partial charge is 0.478 e.